The van der Waals surface area contributed by atoms with Gasteiger partial charge in [0.1, 0.15) is 0 Å². The van der Waals surface area contributed by atoms with E-state index in [-0.39, 0.29) is 0 Å². The highest BCUT2D eigenvalue weighted by Crippen LogP contribution is 2.42. The monoisotopic (exact) mass is 452 g/mol. The van der Waals surface area contributed by atoms with Gasteiger partial charge in [-0.2, -0.15) is 35.1 Å². The van der Waals surface area contributed by atoms with E-state index in [0.29, 0.717) is 0 Å². The molecule has 0 saturated carbocycles. The van der Waals surface area contributed by atoms with Crippen LogP contribution in [0.4, 0.5) is 35.1 Å². The largest absolute Gasteiger partial charge is 0.743 e. The molecule has 164 valence electrons. The standard InChI is InChI=1S/C11H11F8NO7S/c1-5(12)6(21)27-9(7(20)22,10(15,16)17)26-4-2-3-8(13,14)11(18,19)28(23,24)25/h1-4H2,(H2,20,22)(H,23,24,25)/p-1. The highest BCUT2D eigenvalue weighted by Gasteiger charge is 2.66. The van der Waals surface area contributed by atoms with Crippen molar-refractivity contribution in [1.82, 2.24) is 0 Å². The third kappa shape index (κ3) is 5.28. The lowest BCUT2D eigenvalue weighted by Gasteiger charge is -2.32. The molecule has 28 heavy (non-hydrogen) atoms. The molecule has 0 aliphatic heterocycles. The number of hydrogen-bond acceptors (Lipinski definition) is 7. The molecule has 0 aromatic carbocycles. The summed E-state index contributed by atoms with van der Waals surface area (Å²) in [6.07, 6.45) is -9.70. The summed E-state index contributed by atoms with van der Waals surface area (Å²) in [6.45, 7) is 0.579. The third-order valence-electron chi connectivity index (χ3n) is 2.84. The van der Waals surface area contributed by atoms with E-state index in [4.69, 9.17) is 0 Å². The minimum atomic E-state index is -6.84. The van der Waals surface area contributed by atoms with Gasteiger partial charge in [0.15, 0.2) is 10.1 Å². The minimum Gasteiger partial charge on any atom is -0.743 e. The molecule has 1 atom stereocenters. The minimum absolute atomic E-state index is 1.52. The van der Waals surface area contributed by atoms with Crippen molar-refractivity contribution < 1.29 is 67.2 Å². The average molecular weight is 452 g/mol. The Bertz CT molecular complexity index is 736. The van der Waals surface area contributed by atoms with Gasteiger partial charge in [0.05, 0.1) is 6.61 Å². The van der Waals surface area contributed by atoms with Crippen molar-refractivity contribution in [2.45, 2.75) is 36.0 Å². The topological polar surface area (TPSA) is 136 Å². The fourth-order valence-electron chi connectivity index (χ4n) is 1.45. The number of esters is 1. The zero-order chi connectivity index (χ0) is 22.8. The Morgan fingerprint density at radius 2 is 1.54 bits per heavy atom. The Labute approximate surface area is 151 Å². The van der Waals surface area contributed by atoms with Crippen molar-refractivity contribution in [3.8, 4) is 0 Å². The number of carbonyl (C=O) groups is 2. The van der Waals surface area contributed by atoms with E-state index in [1.54, 1.807) is 0 Å². The Balaban J connectivity index is 5.45. The van der Waals surface area contributed by atoms with Crippen molar-refractivity contribution in [2.24, 2.45) is 5.73 Å². The molecule has 2 N–H and O–H groups in total. The van der Waals surface area contributed by atoms with Gasteiger partial charge >= 0.3 is 35.0 Å². The number of rotatable bonds is 10. The summed E-state index contributed by atoms with van der Waals surface area (Å²) in [4.78, 5) is 22.0. The van der Waals surface area contributed by atoms with Gasteiger partial charge in [0, 0.05) is 6.42 Å². The van der Waals surface area contributed by atoms with Crippen LogP contribution in [0.3, 0.4) is 0 Å². The Hall–Kier alpha value is -2.01. The first-order valence-electron chi connectivity index (χ1n) is 6.52. The molecule has 0 aromatic rings. The SMILES string of the molecule is C=C(F)C(=O)OC(OCCCC(F)(F)C(F)(F)S(=O)(=O)[O-])(C(N)=O)C(F)(F)F. The van der Waals surface area contributed by atoms with Gasteiger partial charge in [0.25, 0.3) is 0 Å². The second-order valence-electron chi connectivity index (χ2n) is 4.90. The molecule has 1 amide bonds. The van der Waals surface area contributed by atoms with Gasteiger partial charge in [-0.05, 0) is 6.42 Å². The van der Waals surface area contributed by atoms with Gasteiger partial charge in [-0.15, -0.1) is 0 Å². The molecule has 0 bridgehead atoms. The molecule has 0 rings (SSSR count). The maximum absolute atomic E-state index is 13.2. The highest BCUT2D eigenvalue weighted by atomic mass is 32.2. The van der Waals surface area contributed by atoms with E-state index in [1.807, 2.05) is 0 Å². The number of carbonyl (C=O) groups excluding carboxylic acids is 2. The lowest BCUT2D eigenvalue weighted by atomic mass is 10.2. The highest BCUT2D eigenvalue weighted by molar-refractivity contribution is 7.86. The van der Waals surface area contributed by atoms with Crippen LogP contribution >= 0.6 is 0 Å². The van der Waals surface area contributed by atoms with Gasteiger partial charge in [-0.1, -0.05) is 6.58 Å². The van der Waals surface area contributed by atoms with E-state index in [2.05, 4.69) is 21.8 Å². The second-order valence-corrected chi connectivity index (χ2v) is 6.32. The van der Waals surface area contributed by atoms with Crippen LogP contribution in [-0.4, -0.2) is 54.6 Å². The number of halogens is 8. The molecule has 0 aliphatic carbocycles. The summed E-state index contributed by atoms with van der Waals surface area (Å²) >= 11 is 0. The maximum atomic E-state index is 13.2. The zero-order valence-electron chi connectivity index (χ0n) is 13.2. The first-order chi connectivity index (χ1) is 12.2. The number of nitrogens with two attached hydrogens (primary N) is 1. The van der Waals surface area contributed by atoms with Crippen molar-refractivity contribution >= 4 is 22.0 Å². The van der Waals surface area contributed by atoms with Crippen molar-refractivity contribution in [3.05, 3.63) is 12.4 Å². The number of ether oxygens (including phenoxy) is 2. The van der Waals surface area contributed by atoms with E-state index in [0.717, 1.165) is 0 Å². The summed E-state index contributed by atoms with van der Waals surface area (Å²) in [7, 11) is -6.84. The Kier molecular flexibility index (Phi) is 7.57. The van der Waals surface area contributed by atoms with Crippen molar-refractivity contribution in [2.75, 3.05) is 6.61 Å². The fourth-order valence-corrected chi connectivity index (χ4v) is 1.92. The molecule has 0 heterocycles. The molecule has 0 aromatic heterocycles. The van der Waals surface area contributed by atoms with Gasteiger partial charge in [0.2, 0.25) is 5.83 Å². The molecular weight excluding hydrogens is 442 g/mol. The molecule has 1 unspecified atom stereocenters. The summed E-state index contributed by atoms with van der Waals surface area (Å²) in [5, 5.41) is -6.11. The average Bonchev–Trinajstić information content (AvgIpc) is 2.46. The molecule has 0 aliphatic rings. The number of amides is 1. The van der Waals surface area contributed by atoms with Crippen LogP contribution in [0.25, 0.3) is 0 Å². The van der Waals surface area contributed by atoms with Crippen LogP contribution in [0.2, 0.25) is 0 Å². The van der Waals surface area contributed by atoms with E-state index in [1.165, 1.54) is 0 Å². The summed E-state index contributed by atoms with van der Waals surface area (Å²) < 4.78 is 141. The predicted octanol–water partition coefficient (Wildman–Crippen LogP) is 1.33. The van der Waals surface area contributed by atoms with Crippen LogP contribution < -0.4 is 5.73 Å². The molecule has 17 heteroatoms. The van der Waals surface area contributed by atoms with Gasteiger partial charge < -0.3 is 19.8 Å². The Morgan fingerprint density at radius 1 is 1.07 bits per heavy atom. The predicted molar refractivity (Wildman–Crippen MR) is 69.1 cm³/mol. The fraction of sp³-hybridized carbons (Fsp3) is 0.636. The summed E-state index contributed by atoms with van der Waals surface area (Å²) in [5.41, 5.74) is 4.40. The normalized spacial score (nSPS) is 15.6. The third-order valence-corrected chi connectivity index (χ3v) is 3.76. The summed E-state index contributed by atoms with van der Waals surface area (Å²) in [5.74, 6) is -17.4. The van der Waals surface area contributed by atoms with E-state index < -0.39 is 70.4 Å². The van der Waals surface area contributed by atoms with Gasteiger partial charge in [-0.3, -0.25) is 4.79 Å². The number of alkyl halides is 7. The quantitative estimate of drug-likeness (QED) is 0.132. The molecule has 0 fully saturated rings. The van der Waals surface area contributed by atoms with Crippen LogP contribution in [0.5, 0.6) is 0 Å². The smallest absolute Gasteiger partial charge is 0.466 e. The molecule has 8 nitrogen and oxygen atoms in total. The van der Waals surface area contributed by atoms with Gasteiger partial charge in [-0.25, -0.2) is 13.2 Å². The lowest BCUT2D eigenvalue weighted by Crippen LogP contribution is -2.60. The maximum Gasteiger partial charge on any atom is 0.466 e. The van der Waals surface area contributed by atoms with E-state index in [9.17, 15) is 57.7 Å². The zero-order valence-corrected chi connectivity index (χ0v) is 14.0. The molecular formula is C11H10F8NO7S-. The first-order valence-corrected chi connectivity index (χ1v) is 7.93. The Morgan fingerprint density at radius 3 is 1.86 bits per heavy atom. The van der Waals surface area contributed by atoms with Crippen LogP contribution in [0.1, 0.15) is 12.8 Å². The molecule has 0 saturated heterocycles. The van der Waals surface area contributed by atoms with Crippen molar-refractivity contribution in [1.29, 1.82) is 0 Å². The molecule has 0 radical (unpaired) electrons. The second kappa shape index (κ2) is 8.16. The number of hydrogen-bond donors (Lipinski definition) is 1. The van der Waals surface area contributed by atoms with E-state index >= 15 is 0 Å². The van der Waals surface area contributed by atoms with Crippen LogP contribution in [-0.2, 0) is 29.2 Å². The summed E-state index contributed by atoms with van der Waals surface area (Å²) in [6, 6.07) is 0. The lowest BCUT2D eigenvalue weighted by molar-refractivity contribution is -0.346. The number of primary amides is 1. The van der Waals surface area contributed by atoms with Crippen LogP contribution in [0, 0.1) is 0 Å². The first kappa shape index (κ1) is 26.0. The van der Waals surface area contributed by atoms with Crippen LogP contribution in [0.15, 0.2) is 12.4 Å². The molecule has 0 spiro atoms. The van der Waals surface area contributed by atoms with Crippen molar-refractivity contribution in [3.63, 3.8) is 0 Å².